The van der Waals surface area contributed by atoms with Crippen molar-refractivity contribution >= 4 is 11.8 Å². The highest BCUT2D eigenvalue weighted by Gasteiger charge is 2.17. The van der Waals surface area contributed by atoms with Gasteiger partial charge in [-0.25, -0.2) is 0 Å². The number of primary amides is 1. The number of hydrogen-bond donors (Lipinski definition) is 3. The Morgan fingerprint density at radius 1 is 1.08 bits per heavy atom. The van der Waals surface area contributed by atoms with Crippen LogP contribution in [0.3, 0.4) is 0 Å². The van der Waals surface area contributed by atoms with Crippen LogP contribution >= 0.6 is 0 Å². The molecule has 2 amide bonds. The number of morpholine rings is 1. The number of rotatable bonds is 6. The summed E-state index contributed by atoms with van der Waals surface area (Å²) in [6.45, 7) is 2.90. The lowest BCUT2D eigenvalue weighted by Gasteiger charge is -2.23. The molecule has 1 aliphatic rings. The van der Waals surface area contributed by atoms with Gasteiger partial charge in [-0.3, -0.25) is 9.59 Å². The molecule has 1 heterocycles. The third-order valence-electron chi connectivity index (χ3n) is 4.41. The number of amides is 2. The average molecular weight is 353 g/mol. The van der Waals surface area contributed by atoms with Gasteiger partial charge in [0.05, 0.1) is 12.7 Å². The molecule has 1 atom stereocenters. The Bertz CT molecular complexity index is 785. The minimum Gasteiger partial charge on any atom is -0.376 e. The highest BCUT2D eigenvalue weighted by Crippen LogP contribution is 2.27. The van der Waals surface area contributed by atoms with Crippen molar-refractivity contribution in [2.45, 2.75) is 12.5 Å². The van der Waals surface area contributed by atoms with E-state index in [1.54, 1.807) is 30.3 Å². The van der Waals surface area contributed by atoms with Crippen molar-refractivity contribution in [3.63, 3.8) is 0 Å². The number of benzene rings is 2. The molecule has 4 N–H and O–H groups in total. The van der Waals surface area contributed by atoms with Crippen LogP contribution in [0.15, 0.2) is 48.5 Å². The fourth-order valence-corrected chi connectivity index (χ4v) is 3.10. The Balaban J connectivity index is 1.74. The summed E-state index contributed by atoms with van der Waals surface area (Å²) in [6, 6.07) is 14.3. The number of ether oxygens (including phenoxy) is 1. The zero-order valence-electron chi connectivity index (χ0n) is 14.5. The molecule has 0 radical (unpaired) electrons. The predicted molar refractivity (Wildman–Crippen MR) is 100.0 cm³/mol. The zero-order valence-corrected chi connectivity index (χ0v) is 14.5. The van der Waals surface area contributed by atoms with Crippen molar-refractivity contribution in [2.75, 3.05) is 26.2 Å². The first-order chi connectivity index (χ1) is 12.7. The maximum Gasteiger partial charge on any atom is 0.251 e. The molecule has 6 heteroatoms. The second-order valence-corrected chi connectivity index (χ2v) is 6.20. The topological polar surface area (TPSA) is 93.5 Å². The lowest BCUT2D eigenvalue weighted by Crippen LogP contribution is -2.40. The van der Waals surface area contributed by atoms with E-state index in [0.29, 0.717) is 35.4 Å². The molecule has 0 spiro atoms. The van der Waals surface area contributed by atoms with Crippen LogP contribution in [0, 0.1) is 0 Å². The first-order valence-corrected chi connectivity index (χ1v) is 8.75. The molecule has 2 aromatic carbocycles. The molecule has 0 saturated carbocycles. The summed E-state index contributed by atoms with van der Waals surface area (Å²) in [7, 11) is 0. The Hall–Kier alpha value is -2.70. The van der Waals surface area contributed by atoms with E-state index in [2.05, 4.69) is 10.6 Å². The zero-order chi connectivity index (χ0) is 18.4. The van der Waals surface area contributed by atoms with E-state index in [0.717, 1.165) is 19.5 Å². The Morgan fingerprint density at radius 2 is 1.73 bits per heavy atom. The minimum absolute atomic E-state index is 0.120. The van der Waals surface area contributed by atoms with Crippen molar-refractivity contribution in [3.8, 4) is 11.1 Å². The van der Waals surface area contributed by atoms with E-state index in [9.17, 15) is 9.59 Å². The van der Waals surface area contributed by atoms with Gasteiger partial charge in [0.25, 0.3) is 5.91 Å². The quantitative estimate of drug-likeness (QED) is 0.735. The molecular formula is C20H23N3O3. The molecule has 1 fully saturated rings. The van der Waals surface area contributed by atoms with Crippen LogP contribution in [-0.2, 0) is 4.74 Å². The molecule has 6 nitrogen and oxygen atoms in total. The summed E-state index contributed by atoms with van der Waals surface area (Å²) >= 11 is 0. The summed E-state index contributed by atoms with van der Waals surface area (Å²) < 4.78 is 5.64. The van der Waals surface area contributed by atoms with E-state index in [1.165, 1.54) is 0 Å². The van der Waals surface area contributed by atoms with E-state index in [1.807, 2.05) is 18.2 Å². The van der Waals surface area contributed by atoms with Crippen molar-refractivity contribution in [1.82, 2.24) is 10.6 Å². The standard InChI is InChI=1S/C20H23N3O3/c21-19(24)17-7-3-1-5-15(17)16-6-2-4-8-18(16)20(25)23-10-9-14-13-22-11-12-26-14/h1-8,14,22H,9-13H2,(H2,21,24)(H,23,25). The molecule has 1 saturated heterocycles. The summed E-state index contributed by atoms with van der Waals surface area (Å²) in [5, 5.41) is 6.21. The number of hydrogen-bond acceptors (Lipinski definition) is 4. The molecule has 3 rings (SSSR count). The van der Waals surface area contributed by atoms with Crippen LogP contribution in [0.25, 0.3) is 11.1 Å². The van der Waals surface area contributed by atoms with Gasteiger partial charge in [-0.05, 0) is 29.7 Å². The maximum absolute atomic E-state index is 12.7. The summed E-state index contributed by atoms with van der Waals surface area (Å²) in [5.41, 5.74) is 7.74. The van der Waals surface area contributed by atoms with Crippen LogP contribution in [0.2, 0.25) is 0 Å². The average Bonchev–Trinajstić information content (AvgIpc) is 2.68. The number of carbonyl (C=O) groups is 2. The first kappa shape index (κ1) is 18.1. The Kier molecular flexibility index (Phi) is 5.99. The molecular weight excluding hydrogens is 330 g/mol. The fourth-order valence-electron chi connectivity index (χ4n) is 3.10. The third-order valence-corrected chi connectivity index (χ3v) is 4.41. The van der Waals surface area contributed by atoms with Crippen LogP contribution in [0.1, 0.15) is 27.1 Å². The second kappa shape index (κ2) is 8.60. The highest BCUT2D eigenvalue weighted by molar-refractivity contribution is 6.05. The third kappa shape index (κ3) is 4.28. The molecule has 1 aliphatic heterocycles. The molecule has 136 valence electrons. The van der Waals surface area contributed by atoms with Crippen LogP contribution in [0.4, 0.5) is 0 Å². The number of carbonyl (C=O) groups excluding carboxylic acids is 2. The minimum atomic E-state index is -0.516. The van der Waals surface area contributed by atoms with Crippen LogP contribution in [0.5, 0.6) is 0 Å². The first-order valence-electron chi connectivity index (χ1n) is 8.75. The predicted octanol–water partition coefficient (Wildman–Crippen LogP) is 1.56. The van der Waals surface area contributed by atoms with Crippen molar-refractivity contribution in [3.05, 3.63) is 59.7 Å². The normalized spacial score (nSPS) is 16.8. The summed E-state index contributed by atoms with van der Waals surface area (Å²) in [5.74, 6) is -0.693. The monoisotopic (exact) mass is 353 g/mol. The largest absolute Gasteiger partial charge is 0.376 e. The summed E-state index contributed by atoms with van der Waals surface area (Å²) in [6.07, 6.45) is 0.869. The number of nitrogens with one attached hydrogen (secondary N) is 2. The van der Waals surface area contributed by atoms with Crippen molar-refractivity contribution < 1.29 is 14.3 Å². The molecule has 0 aliphatic carbocycles. The van der Waals surface area contributed by atoms with Crippen LogP contribution in [-0.4, -0.2) is 44.2 Å². The van der Waals surface area contributed by atoms with Gasteiger partial charge in [0.2, 0.25) is 5.91 Å². The van der Waals surface area contributed by atoms with Gasteiger partial charge in [-0.2, -0.15) is 0 Å². The second-order valence-electron chi connectivity index (χ2n) is 6.20. The lowest BCUT2D eigenvalue weighted by atomic mass is 9.94. The van der Waals surface area contributed by atoms with Gasteiger partial charge in [0.1, 0.15) is 0 Å². The van der Waals surface area contributed by atoms with Gasteiger partial charge in [-0.15, -0.1) is 0 Å². The SMILES string of the molecule is NC(=O)c1ccccc1-c1ccccc1C(=O)NCCC1CNCCO1. The van der Waals surface area contributed by atoms with Crippen molar-refractivity contribution in [1.29, 1.82) is 0 Å². The van der Waals surface area contributed by atoms with Gasteiger partial charge in [0.15, 0.2) is 0 Å². The van der Waals surface area contributed by atoms with Gasteiger partial charge in [0, 0.05) is 30.8 Å². The number of nitrogens with two attached hydrogens (primary N) is 1. The van der Waals surface area contributed by atoms with Gasteiger partial charge in [-0.1, -0.05) is 36.4 Å². The Morgan fingerprint density at radius 3 is 2.38 bits per heavy atom. The van der Waals surface area contributed by atoms with E-state index in [-0.39, 0.29) is 12.0 Å². The lowest BCUT2D eigenvalue weighted by molar-refractivity contribution is 0.0239. The fraction of sp³-hybridized carbons (Fsp3) is 0.300. The molecule has 1 unspecified atom stereocenters. The highest BCUT2D eigenvalue weighted by atomic mass is 16.5. The Labute approximate surface area is 152 Å². The van der Waals surface area contributed by atoms with Gasteiger partial charge < -0.3 is 21.1 Å². The molecule has 26 heavy (non-hydrogen) atoms. The van der Waals surface area contributed by atoms with E-state index in [4.69, 9.17) is 10.5 Å². The maximum atomic E-state index is 12.7. The van der Waals surface area contributed by atoms with E-state index < -0.39 is 5.91 Å². The van der Waals surface area contributed by atoms with Crippen molar-refractivity contribution in [2.24, 2.45) is 5.73 Å². The summed E-state index contributed by atoms with van der Waals surface area (Å²) in [4.78, 5) is 24.4. The molecule has 2 aromatic rings. The smallest absolute Gasteiger partial charge is 0.251 e. The van der Waals surface area contributed by atoms with Crippen LogP contribution < -0.4 is 16.4 Å². The van der Waals surface area contributed by atoms with E-state index >= 15 is 0 Å². The molecule has 0 bridgehead atoms. The molecule has 0 aromatic heterocycles. The van der Waals surface area contributed by atoms with Gasteiger partial charge >= 0.3 is 0 Å².